The molecule has 0 bridgehead atoms. The van der Waals surface area contributed by atoms with Crippen LogP contribution in [-0.4, -0.2) is 23.4 Å². The molecule has 2 aromatic rings. The predicted octanol–water partition coefficient (Wildman–Crippen LogP) is 3.43. The summed E-state index contributed by atoms with van der Waals surface area (Å²) in [4.78, 5) is 11.5. The second kappa shape index (κ2) is 3.94. The molecule has 1 nitrogen and oxygen atoms in total. The van der Waals surface area contributed by atoms with Gasteiger partial charge >= 0.3 is 99.7 Å². The Labute approximate surface area is 99.3 Å². The minimum absolute atomic E-state index is 0.787. The number of nitrogens with zero attached hydrogens (tertiary/aromatic N) is 1. The number of benzene rings is 1. The van der Waals surface area contributed by atoms with Gasteiger partial charge in [0.05, 0.1) is 0 Å². The average molecular weight is 326 g/mol. The SMILES string of the molecule is [CH3][Sn]([CH3])([CH3])[c]1cc(Cl)c2ncccc2c1. The number of rotatable bonds is 1. The Morgan fingerprint density at radius 3 is 2.60 bits per heavy atom. The number of aromatic nitrogens is 1. The van der Waals surface area contributed by atoms with Gasteiger partial charge in [-0.05, 0) is 0 Å². The van der Waals surface area contributed by atoms with Crippen LogP contribution in [0.2, 0.25) is 19.8 Å². The molecule has 78 valence electrons. The summed E-state index contributed by atoms with van der Waals surface area (Å²) in [7, 11) is 0. The van der Waals surface area contributed by atoms with Crippen molar-refractivity contribution in [1.82, 2.24) is 4.98 Å². The maximum atomic E-state index is 6.24. The van der Waals surface area contributed by atoms with Crippen molar-refractivity contribution in [2.45, 2.75) is 14.8 Å². The molecule has 2 rings (SSSR count). The van der Waals surface area contributed by atoms with E-state index >= 15 is 0 Å². The molecule has 0 spiro atoms. The van der Waals surface area contributed by atoms with Crippen LogP contribution in [0.3, 0.4) is 0 Å². The zero-order valence-corrected chi connectivity index (χ0v) is 12.8. The van der Waals surface area contributed by atoms with Gasteiger partial charge < -0.3 is 0 Å². The molecule has 1 heterocycles. The van der Waals surface area contributed by atoms with Crippen LogP contribution in [0.4, 0.5) is 0 Å². The third-order valence-electron chi connectivity index (χ3n) is 2.52. The third kappa shape index (κ3) is 2.28. The molecule has 1 aromatic heterocycles. The summed E-state index contributed by atoms with van der Waals surface area (Å²) >= 11 is 4.22. The van der Waals surface area contributed by atoms with Crippen LogP contribution in [-0.2, 0) is 0 Å². The average Bonchev–Trinajstić information content (AvgIpc) is 2.16. The molecule has 0 fully saturated rings. The second-order valence-corrected chi connectivity index (χ2v) is 19.7. The Hall–Kier alpha value is -0.281. The van der Waals surface area contributed by atoms with Gasteiger partial charge in [-0.2, -0.15) is 0 Å². The van der Waals surface area contributed by atoms with Crippen LogP contribution in [0, 0.1) is 0 Å². The molecule has 0 aliphatic rings. The normalized spacial score (nSPS) is 12.0. The molecule has 3 heteroatoms. The van der Waals surface area contributed by atoms with Crippen molar-refractivity contribution in [3.63, 3.8) is 0 Å². The van der Waals surface area contributed by atoms with Crippen LogP contribution in [0.15, 0.2) is 30.5 Å². The first kappa shape index (κ1) is 11.2. The van der Waals surface area contributed by atoms with Crippen LogP contribution >= 0.6 is 11.6 Å². The van der Waals surface area contributed by atoms with Gasteiger partial charge in [0.2, 0.25) is 0 Å². The Kier molecular flexibility index (Phi) is 2.95. The summed E-state index contributed by atoms with van der Waals surface area (Å²) in [5.74, 6) is 0. The molecule has 0 saturated heterocycles. The molecule has 0 radical (unpaired) electrons. The summed E-state index contributed by atoms with van der Waals surface area (Å²) in [6.45, 7) is 0. The maximum absolute atomic E-state index is 6.24. The molecule has 0 N–H and O–H groups in total. The quantitative estimate of drug-likeness (QED) is 0.732. The molecule has 0 unspecified atom stereocenters. The van der Waals surface area contributed by atoms with Crippen LogP contribution in [0.25, 0.3) is 10.9 Å². The monoisotopic (exact) mass is 327 g/mol. The molecule has 0 atom stereocenters. The van der Waals surface area contributed by atoms with Crippen molar-refractivity contribution in [3.05, 3.63) is 35.5 Å². The van der Waals surface area contributed by atoms with Gasteiger partial charge in [0.1, 0.15) is 0 Å². The van der Waals surface area contributed by atoms with E-state index in [1.165, 1.54) is 3.58 Å². The number of pyridine rings is 1. The number of fused-ring (bicyclic) bond motifs is 1. The van der Waals surface area contributed by atoms with E-state index in [1.807, 2.05) is 6.07 Å². The molecular formula is C12H14ClNSn. The molecule has 0 aliphatic carbocycles. The van der Waals surface area contributed by atoms with Crippen LogP contribution in [0.1, 0.15) is 0 Å². The van der Waals surface area contributed by atoms with Crippen LogP contribution < -0.4 is 3.58 Å². The van der Waals surface area contributed by atoms with Crippen LogP contribution in [0.5, 0.6) is 0 Å². The number of hydrogen-bond acceptors (Lipinski definition) is 1. The zero-order valence-electron chi connectivity index (χ0n) is 9.21. The van der Waals surface area contributed by atoms with E-state index in [-0.39, 0.29) is 0 Å². The first-order valence-electron chi connectivity index (χ1n) is 5.03. The fraction of sp³-hybridized carbons (Fsp3) is 0.250. The molecule has 0 aliphatic heterocycles. The van der Waals surface area contributed by atoms with Gasteiger partial charge in [-0.3, -0.25) is 0 Å². The number of halogens is 1. The van der Waals surface area contributed by atoms with Gasteiger partial charge in [-0.15, -0.1) is 0 Å². The van der Waals surface area contributed by atoms with Crippen molar-refractivity contribution in [2.24, 2.45) is 0 Å². The molecule has 1 aromatic carbocycles. The summed E-state index contributed by atoms with van der Waals surface area (Å²) in [6, 6.07) is 8.40. The van der Waals surface area contributed by atoms with E-state index in [0.29, 0.717) is 0 Å². The van der Waals surface area contributed by atoms with Crippen molar-refractivity contribution in [1.29, 1.82) is 0 Å². The first-order valence-corrected chi connectivity index (χ1v) is 15.4. The Morgan fingerprint density at radius 2 is 1.93 bits per heavy atom. The van der Waals surface area contributed by atoms with E-state index in [0.717, 1.165) is 15.9 Å². The van der Waals surface area contributed by atoms with E-state index in [1.54, 1.807) is 6.20 Å². The second-order valence-electron chi connectivity index (χ2n) is 4.78. The van der Waals surface area contributed by atoms with E-state index in [4.69, 9.17) is 11.6 Å². The third-order valence-corrected chi connectivity index (χ3v) is 8.58. The summed E-state index contributed by atoms with van der Waals surface area (Å²) < 4.78 is 1.45. The van der Waals surface area contributed by atoms with Crippen molar-refractivity contribution >= 4 is 44.5 Å². The summed E-state index contributed by atoms with van der Waals surface area (Å²) in [6.07, 6.45) is 1.79. The van der Waals surface area contributed by atoms with Crippen molar-refractivity contribution in [3.8, 4) is 0 Å². The molecule has 0 saturated carbocycles. The van der Waals surface area contributed by atoms with E-state index in [9.17, 15) is 0 Å². The van der Waals surface area contributed by atoms with Gasteiger partial charge in [-0.25, -0.2) is 0 Å². The van der Waals surface area contributed by atoms with E-state index in [2.05, 4.69) is 38.0 Å². The first-order chi connectivity index (χ1) is 6.98. The summed E-state index contributed by atoms with van der Waals surface area (Å²) in [5, 5.41) is 1.95. The standard InChI is InChI=1S/C9H5ClN.3CH3.Sn/c10-8-5-1-3-7-4-2-6-11-9(7)8;;;;/h2-6H;3*1H3;. The Balaban J connectivity index is 2.73. The van der Waals surface area contributed by atoms with Gasteiger partial charge in [0, 0.05) is 0 Å². The molecule has 0 amide bonds. The topological polar surface area (TPSA) is 12.9 Å². The zero-order chi connectivity index (χ0) is 11.1. The Bertz CT molecular complexity index is 502. The molecule has 15 heavy (non-hydrogen) atoms. The minimum atomic E-state index is -2.02. The fourth-order valence-electron chi connectivity index (χ4n) is 1.58. The number of hydrogen-bond donors (Lipinski definition) is 0. The van der Waals surface area contributed by atoms with Crippen molar-refractivity contribution in [2.75, 3.05) is 0 Å². The summed E-state index contributed by atoms with van der Waals surface area (Å²) in [5.41, 5.74) is 0.915. The molecular weight excluding hydrogens is 312 g/mol. The predicted molar refractivity (Wildman–Crippen MR) is 69.7 cm³/mol. The van der Waals surface area contributed by atoms with Crippen molar-refractivity contribution < 1.29 is 0 Å². The van der Waals surface area contributed by atoms with Gasteiger partial charge in [0.15, 0.2) is 0 Å². The fourth-order valence-corrected chi connectivity index (χ4v) is 5.44. The Morgan fingerprint density at radius 1 is 1.20 bits per heavy atom. The van der Waals surface area contributed by atoms with Gasteiger partial charge in [-0.1, -0.05) is 0 Å². The van der Waals surface area contributed by atoms with E-state index < -0.39 is 18.4 Å². The van der Waals surface area contributed by atoms with Gasteiger partial charge in [0.25, 0.3) is 0 Å².